The SMILES string of the molecule is CNCc1sc(C2CCOc3ccccc32)nc1C1CC1. The first-order valence-corrected chi connectivity index (χ1v) is 8.54. The van der Waals surface area contributed by atoms with Gasteiger partial charge in [-0.15, -0.1) is 11.3 Å². The van der Waals surface area contributed by atoms with Crippen LogP contribution in [0, 0.1) is 0 Å². The van der Waals surface area contributed by atoms with Crippen LogP contribution in [-0.4, -0.2) is 18.6 Å². The summed E-state index contributed by atoms with van der Waals surface area (Å²) in [6.45, 7) is 1.73. The molecule has 1 unspecified atom stereocenters. The molecule has 1 aromatic carbocycles. The van der Waals surface area contributed by atoms with Crippen molar-refractivity contribution in [1.29, 1.82) is 0 Å². The predicted molar refractivity (Wildman–Crippen MR) is 85.2 cm³/mol. The van der Waals surface area contributed by atoms with Gasteiger partial charge in [0.05, 0.1) is 12.3 Å². The number of hydrogen-bond acceptors (Lipinski definition) is 4. The molecule has 4 rings (SSSR count). The van der Waals surface area contributed by atoms with Crippen molar-refractivity contribution >= 4 is 11.3 Å². The van der Waals surface area contributed by atoms with Gasteiger partial charge in [-0.1, -0.05) is 18.2 Å². The van der Waals surface area contributed by atoms with E-state index < -0.39 is 0 Å². The monoisotopic (exact) mass is 300 g/mol. The summed E-state index contributed by atoms with van der Waals surface area (Å²) >= 11 is 1.89. The van der Waals surface area contributed by atoms with Crippen molar-refractivity contribution in [2.45, 2.75) is 37.6 Å². The van der Waals surface area contributed by atoms with Crippen molar-refractivity contribution in [2.24, 2.45) is 0 Å². The van der Waals surface area contributed by atoms with E-state index in [4.69, 9.17) is 9.72 Å². The first kappa shape index (κ1) is 13.3. The van der Waals surface area contributed by atoms with E-state index in [1.807, 2.05) is 24.5 Å². The lowest BCUT2D eigenvalue weighted by Gasteiger charge is -2.24. The summed E-state index contributed by atoms with van der Waals surface area (Å²) in [5, 5.41) is 4.56. The minimum Gasteiger partial charge on any atom is -0.493 e. The first-order chi connectivity index (χ1) is 10.4. The van der Waals surface area contributed by atoms with Gasteiger partial charge in [-0.05, 0) is 32.4 Å². The number of hydrogen-bond donors (Lipinski definition) is 1. The minimum absolute atomic E-state index is 0.406. The standard InChI is InChI=1S/C17H20N2OS/c1-18-10-15-16(11-6-7-11)19-17(21-15)13-8-9-20-14-5-3-2-4-12(13)14/h2-5,11,13,18H,6-10H2,1H3. The lowest BCUT2D eigenvalue weighted by Crippen LogP contribution is -2.14. The summed E-state index contributed by atoms with van der Waals surface area (Å²) in [4.78, 5) is 6.47. The highest BCUT2D eigenvalue weighted by atomic mass is 32.1. The fourth-order valence-electron chi connectivity index (χ4n) is 3.09. The fraction of sp³-hybridized carbons (Fsp3) is 0.471. The zero-order valence-corrected chi connectivity index (χ0v) is 13.1. The number of nitrogens with one attached hydrogen (secondary N) is 1. The Labute approximate surface area is 129 Å². The molecule has 2 aromatic rings. The quantitative estimate of drug-likeness (QED) is 0.936. The summed E-state index contributed by atoms with van der Waals surface area (Å²) in [5.74, 6) is 2.16. The third-order valence-corrected chi connectivity index (χ3v) is 5.49. The largest absolute Gasteiger partial charge is 0.493 e. The predicted octanol–water partition coefficient (Wildman–Crippen LogP) is 3.65. The Morgan fingerprint density at radius 3 is 2.95 bits per heavy atom. The van der Waals surface area contributed by atoms with Crippen LogP contribution in [0.5, 0.6) is 5.75 Å². The Hall–Kier alpha value is -1.39. The molecule has 1 aliphatic carbocycles. The molecule has 2 heterocycles. The van der Waals surface area contributed by atoms with Crippen molar-refractivity contribution in [3.8, 4) is 5.75 Å². The second-order valence-electron chi connectivity index (χ2n) is 5.89. The number of aromatic nitrogens is 1. The Kier molecular flexibility index (Phi) is 3.43. The zero-order valence-electron chi connectivity index (χ0n) is 12.3. The Morgan fingerprint density at radius 1 is 1.29 bits per heavy atom. The van der Waals surface area contributed by atoms with Crippen molar-refractivity contribution in [2.75, 3.05) is 13.7 Å². The van der Waals surface area contributed by atoms with Crippen LogP contribution in [0.2, 0.25) is 0 Å². The van der Waals surface area contributed by atoms with Gasteiger partial charge in [-0.2, -0.15) is 0 Å². The van der Waals surface area contributed by atoms with Crippen LogP contribution in [-0.2, 0) is 6.54 Å². The van der Waals surface area contributed by atoms with Crippen LogP contribution in [0.1, 0.15) is 52.2 Å². The van der Waals surface area contributed by atoms with Gasteiger partial charge >= 0.3 is 0 Å². The number of fused-ring (bicyclic) bond motifs is 1. The highest BCUT2D eigenvalue weighted by molar-refractivity contribution is 7.11. The van der Waals surface area contributed by atoms with Crippen molar-refractivity contribution in [3.05, 3.63) is 45.4 Å². The molecule has 21 heavy (non-hydrogen) atoms. The van der Waals surface area contributed by atoms with Crippen LogP contribution in [0.25, 0.3) is 0 Å². The highest BCUT2D eigenvalue weighted by Gasteiger charge is 2.32. The molecule has 1 aromatic heterocycles. The maximum atomic E-state index is 5.78. The summed E-state index contributed by atoms with van der Waals surface area (Å²) in [5.41, 5.74) is 2.66. The Balaban J connectivity index is 1.72. The molecular formula is C17H20N2OS. The summed E-state index contributed by atoms with van der Waals surface area (Å²) in [6.07, 6.45) is 3.65. The molecule has 0 radical (unpaired) electrons. The molecule has 0 bridgehead atoms. The number of rotatable bonds is 4. The minimum atomic E-state index is 0.406. The molecule has 3 nitrogen and oxygen atoms in total. The number of thiazole rings is 1. The second kappa shape index (κ2) is 5.43. The lowest BCUT2D eigenvalue weighted by atomic mass is 9.94. The van der Waals surface area contributed by atoms with Gasteiger partial charge < -0.3 is 10.1 Å². The van der Waals surface area contributed by atoms with E-state index >= 15 is 0 Å². The zero-order chi connectivity index (χ0) is 14.2. The molecule has 0 spiro atoms. The highest BCUT2D eigenvalue weighted by Crippen LogP contribution is 2.46. The Bertz CT molecular complexity index is 648. The van der Waals surface area contributed by atoms with E-state index in [1.165, 1.54) is 34.0 Å². The van der Waals surface area contributed by atoms with Crippen LogP contribution >= 0.6 is 11.3 Å². The molecule has 1 atom stereocenters. The topological polar surface area (TPSA) is 34.1 Å². The van der Waals surface area contributed by atoms with E-state index in [0.29, 0.717) is 11.8 Å². The molecule has 110 valence electrons. The summed E-state index contributed by atoms with van der Waals surface area (Å²) in [6, 6.07) is 8.41. The third kappa shape index (κ3) is 2.47. The van der Waals surface area contributed by atoms with Crippen LogP contribution in [0.3, 0.4) is 0 Å². The maximum absolute atomic E-state index is 5.78. The molecule has 0 saturated heterocycles. The summed E-state index contributed by atoms with van der Waals surface area (Å²) < 4.78 is 5.78. The van der Waals surface area contributed by atoms with Crippen molar-refractivity contribution in [1.82, 2.24) is 10.3 Å². The maximum Gasteiger partial charge on any atom is 0.123 e. The second-order valence-corrected chi connectivity index (χ2v) is 7.01. The van der Waals surface area contributed by atoms with E-state index in [2.05, 4.69) is 23.5 Å². The van der Waals surface area contributed by atoms with Gasteiger partial charge in [0.1, 0.15) is 10.8 Å². The molecule has 4 heteroatoms. The molecule has 2 aliphatic rings. The van der Waals surface area contributed by atoms with Gasteiger partial charge in [0.25, 0.3) is 0 Å². The summed E-state index contributed by atoms with van der Waals surface area (Å²) in [7, 11) is 2.01. The molecular weight excluding hydrogens is 280 g/mol. The fourth-order valence-corrected chi connectivity index (χ4v) is 4.41. The van der Waals surface area contributed by atoms with Crippen LogP contribution in [0.4, 0.5) is 0 Å². The van der Waals surface area contributed by atoms with Crippen molar-refractivity contribution in [3.63, 3.8) is 0 Å². The smallest absolute Gasteiger partial charge is 0.123 e. The average molecular weight is 300 g/mol. The molecule has 1 saturated carbocycles. The van der Waals surface area contributed by atoms with Crippen LogP contribution in [0.15, 0.2) is 24.3 Å². The number of para-hydroxylation sites is 1. The van der Waals surface area contributed by atoms with Gasteiger partial charge in [0.2, 0.25) is 0 Å². The van der Waals surface area contributed by atoms with E-state index in [1.54, 1.807) is 0 Å². The number of ether oxygens (including phenoxy) is 1. The molecule has 1 N–H and O–H groups in total. The third-order valence-electron chi connectivity index (χ3n) is 4.30. The Morgan fingerprint density at radius 2 is 2.14 bits per heavy atom. The van der Waals surface area contributed by atoms with E-state index in [-0.39, 0.29) is 0 Å². The van der Waals surface area contributed by atoms with Gasteiger partial charge in [-0.3, -0.25) is 0 Å². The number of nitrogens with zero attached hydrogens (tertiary/aromatic N) is 1. The van der Waals surface area contributed by atoms with Crippen LogP contribution < -0.4 is 10.1 Å². The van der Waals surface area contributed by atoms with Crippen molar-refractivity contribution < 1.29 is 4.74 Å². The molecule has 0 amide bonds. The normalized spacial score (nSPS) is 20.9. The average Bonchev–Trinajstić information content (AvgIpc) is 3.28. The van der Waals surface area contributed by atoms with E-state index in [9.17, 15) is 0 Å². The van der Waals surface area contributed by atoms with E-state index in [0.717, 1.165) is 25.3 Å². The molecule has 1 aliphatic heterocycles. The number of benzene rings is 1. The van der Waals surface area contributed by atoms with Gasteiger partial charge in [-0.25, -0.2) is 4.98 Å². The molecule has 1 fully saturated rings. The van der Waals surface area contributed by atoms with Gasteiger partial charge in [0.15, 0.2) is 0 Å². The lowest BCUT2D eigenvalue weighted by molar-refractivity contribution is 0.277. The first-order valence-electron chi connectivity index (χ1n) is 7.72. The van der Waals surface area contributed by atoms with Gasteiger partial charge in [0, 0.05) is 28.8 Å².